The summed E-state index contributed by atoms with van der Waals surface area (Å²) in [6.45, 7) is 2.45. The first-order valence-electron chi connectivity index (χ1n) is 11.7. The molecule has 10 heteroatoms. The molecular formula is C25H26N6O4. The molecule has 2 N–H and O–H groups in total. The number of nitrogens with one attached hydrogen (secondary N) is 1. The smallest absolute Gasteiger partial charge is 0.303 e. The summed E-state index contributed by atoms with van der Waals surface area (Å²) < 4.78 is 11.4. The topological polar surface area (TPSA) is 136 Å². The Hall–Kier alpha value is -4.08. The van der Waals surface area contributed by atoms with Gasteiger partial charge in [-0.2, -0.15) is 4.98 Å². The minimum Gasteiger partial charge on any atom is -0.481 e. The van der Waals surface area contributed by atoms with Gasteiger partial charge < -0.3 is 19.6 Å². The van der Waals surface area contributed by atoms with E-state index < -0.39 is 5.97 Å². The Morgan fingerprint density at radius 3 is 2.43 bits per heavy atom. The highest BCUT2D eigenvalue weighted by Crippen LogP contribution is 2.29. The van der Waals surface area contributed by atoms with Crippen LogP contribution < -0.4 is 9.47 Å². The molecule has 1 fully saturated rings. The second-order valence-electron chi connectivity index (χ2n) is 8.57. The maximum Gasteiger partial charge on any atom is 0.303 e. The molecule has 0 unspecified atom stereocenters. The van der Waals surface area contributed by atoms with Crippen LogP contribution in [0.4, 0.5) is 0 Å². The molecule has 180 valence electrons. The number of carboxylic acids is 1. The monoisotopic (exact) mass is 474 g/mol. The zero-order valence-electron chi connectivity index (χ0n) is 19.3. The van der Waals surface area contributed by atoms with Crippen molar-refractivity contribution in [2.45, 2.75) is 45.1 Å². The predicted octanol–water partition coefficient (Wildman–Crippen LogP) is 4.29. The van der Waals surface area contributed by atoms with Crippen molar-refractivity contribution in [1.82, 2.24) is 29.9 Å². The van der Waals surface area contributed by atoms with Crippen molar-refractivity contribution in [3.63, 3.8) is 0 Å². The number of aliphatic carboxylic acids is 1. The van der Waals surface area contributed by atoms with Gasteiger partial charge in [0.05, 0.1) is 30.2 Å². The van der Waals surface area contributed by atoms with Gasteiger partial charge in [-0.1, -0.05) is 0 Å². The highest BCUT2D eigenvalue weighted by molar-refractivity contribution is 5.75. The molecule has 4 heterocycles. The van der Waals surface area contributed by atoms with Crippen molar-refractivity contribution >= 4 is 17.1 Å². The van der Waals surface area contributed by atoms with Crippen LogP contribution in [0.25, 0.3) is 33.9 Å². The summed E-state index contributed by atoms with van der Waals surface area (Å²) >= 11 is 0. The molecule has 0 saturated heterocycles. The van der Waals surface area contributed by atoms with Crippen molar-refractivity contribution in [2.24, 2.45) is 5.92 Å². The van der Waals surface area contributed by atoms with Gasteiger partial charge in [-0.3, -0.25) is 9.78 Å². The molecule has 1 saturated carbocycles. The fourth-order valence-electron chi connectivity index (χ4n) is 4.30. The zero-order chi connectivity index (χ0) is 24.2. The summed E-state index contributed by atoms with van der Waals surface area (Å²) in [6, 6.07) is 7.41. The molecule has 0 bridgehead atoms. The molecule has 5 rings (SSSR count). The van der Waals surface area contributed by atoms with Crippen molar-refractivity contribution < 1.29 is 19.4 Å². The van der Waals surface area contributed by atoms with Crippen LogP contribution in [0.3, 0.4) is 0 Å². The average molecular weight is 475 g/mol. The number of ether oxygens (including phenoxy) is 2. The quantitative estimate of drug-likeness (QED) is 0.383. The number of nitrogens with zero attached hydrogens (tertiary/aromatic N) is 5. The summed E-state index contributed by atoms with van der Waals surface area (Å²) in [4.78, 5) is 36.4. The Bertz CT molecular complexity index is 1300. The average Bonchev–Trinajstić information content (AvgIpc) is 3.29. The molecule has 4 aromatic rings. The minimum atomic E-state index is -0.728. The van der Waals surface area contributed by atoms with Gasteiger partial charge >= 0.3 is 5.97 Å². The van der Waals surface area contributed by atoms with Gasteiger partial charge in [-0.05, 0) is 50.7 Å². The summed E-state index contributed by atoms with van der Waals surface area (Å²) in [5, 5.41) is 8.95. The lowest BCUT2D eigenvalue weighted by Crippen LogP contribution is -2.25. The highest BCUT2D eigenvalue weighted by atomic mass is 16.5. The van der Waals surface area contributed by atoms with Crippen LogP contribution in [0.5, 0.6) is 11.8 Å². The molecule has 0 amide bonds. The standard InChI is InChI=1S/C25H26N6O4/c1-2-34-22-10-8-18-24(30-22)31-25(29-18)20-14-26-19(13-27-20)16-5-9-21(28-12-16)35-17-6-3-15(4-7-17)11-23(32)33/h5,8-10,12-15,17H,2-4,6-7,11H2,1H3,(H,32,33)(H,29,30,31). The molecule has 0 spiro atoms. The van der Waals surface area contributed by atoms with Crippen LogP contribution in [0, 0.1) is 5.92 Å². The number of fused-ring (bicyclic) bond motifs is 1. The number of rotatable bonds is 8. The van der Waals surface area contributed by atoms with E-state index in [-0.39, 0.29) is 18.4 Å². The molecule has 1 aliphatic carbocycles. The van der Waals surface area contributed by atoms with Gasteiger partial charge in [-0.25, -0.2) is 15.0 Å². The first kappa shape index (κ1) is 22.7. The Morgan fingerprint density at radius 2 is 1.74 bits per heavy atom. The number of hydrogen-bond donors (Lipinski definition) is 2. The number of aromatic nitrogens is 6. The van der Waals surface area contributed by atoms with E-state index >= 15 is 0 Å². The number of aromatic amines is 1. The van der Waals surface area contributed by atoms with Gasteiger partial charge in [0.2, 0.25) is 11.8 Å². The number of pyridine rings is 2. The van der Waals surface area contributed by atoms with Crippen LogP contribution in [0.1, 0.15) is 39.0 Å². The zero-order valence-corrected chi connectivity index (χ0v) is 19.3. The second kappa shape index (κ2) is 10.0. The lowest BCUT2D eigenvalue weighted by molar-refractivity contribution is -0.138. The van der Waals surface area contributed by atoms with Gasteiger partial charge in [0.25, 0.3) is 0 Å². The number of imidazole rings is 1. The van der Waals surface area contributed by atoms with E-state index in [4.69, 9.17) is 14.6 Å². The third-order valence-corrected chi connectivity index (χ3v) is 6.08. The maximum atomic E-state index is 10.9. The van der Waals surface area contributed by atoms with Crippen molar-refractivity contribution in [3.8, 4) is 34.5 Å². The second-order valence-corrected chi connectivity index (χ2v) is 8.57. The highest BCUT2D eigenvalue weighted by Gasteiger charge is 2.24. The molecule has 0 aromatic carbocycles. The number of hydrogen-bond acceptors (Lipinski definition) is 8. The van der Waals surface area contributed by atoms with E-state index in [1.165, 1.54) is 0 Å². The number of carboxylic acid groups (broad SMARTS) is 1. The predicted molar refractivity (Wildman–Crippen MR) is 128 cm³/mol. The Balaban J connectivity index is 1.22. The molecule has 0 radical (unpaired) electrons. The third kappa shape index (κ3) is 5.37. The lowest BCUT2D eigenvalue weighted by Gasteiger charge is -2.27. The van der Waals surface area contributed by atoms with Gasteiger partial charge in [0.15, 0.2) is 11.5 Å². The van der Waals surface area contributed by atoms with E-state index in [1.54, 1.807) is 24.7 Å². The van der Waals surface area contributed by atoms with E-state index in [1.807, 2.05) is 25.1 Å². The molecular weight excluding hydrogens is 448 g/mol. The maximum absolute atomic E-state index is 10.9. The summed E-state index contributed by atoms with van der Waals surface area (Å²) in [5.74, 6) is 1.19. The fraction of sp³-hybridized carbons (Fsp3) is 0.360. The summed E-state index contributed by atoms with van der Waals surface area (Å²) in [6.07, 6.45) is 8.80. The minimum absolute atomic E-state index is 0.0698. The Kier molecular flexibility index (Phi) is 6.51. The molecule has 10 nitrogen and oxygen atoms in total. The first-order valence-corrected chi connectivity index (χ1v) is 11.7. The molecule has 35 heavy (non-hydrogen) atoms. The van der Waals surface area contributed by atoms with Crippen molar-refractivity contribution in [3.05, 3.63) is 42.9 Å². The van der Waals surface area contributed by atoms with Crippen LogP contribution in [0.15, 0.2) is 42.9 Å². The van der Waals surface area contributed by atoms with Crippen molar-refractivity contribution in [2.75, 3.05) is 6.61 Å². The molecule has 1 aliphatic rings. The van der Waals surface area contributed by atoms with Gasteiger partial charge in [-0.15, -0.1) is 0 Å². The Morgan fingerprint density at radius 1 is 0.971 bits per heavy atom. The first-order chi connectivity index (χ1) is 17.1. The normalized spacial score (nSPS) is 17.9. The van der Waals surface area contributed by atoms with E-state index in [2.05, 4.69) is 29.9 Å². The van der Waals surface area contributed by atoms with Crippen LogP contribution >= 0.6 is 0 Å². The van der Waals surface area contributed by atoms with E-state index in [0.29, 0.717) is 41.2 Å². The SMILES string of the molecule is CCOc1ccc2[nH]c(-c3cnc(-c4ccc(OC5CCC(CC(=O)O)CC5)nc4)cn3)nc2n1. The summed E-state index contributed by atoms with van der Waals surface area (Å²) in [7, 11) is 0. The number of carbonyl (C=O) groups is 1. The van der Waals surface area contributed by atoms with Crippen LogP contribution in [-0.2, 0) is 4.79 Å². The van der Waals surface area contributed by atoms with Gasteiger partial charge in [0, 0.05) is 30.3 Å². The number of H-pyrrole nitrogens is 1. The largest absolute Gasteiger partial charge is 0.481 e. The molecule has 0 aliphatic heterocycles. The van der Waals surface area contributed by atoms with Crippen LogP contribution in [-0.4, -0.2) is 53.7 Å². The van der Waals surface area contributed by atoms with E-state index in [0.717, 1.165) is 36.8 Å². The third-order valence-electron chi connectivity index (χ3n) is 6.08. The van der Waals surface area contributed by atoms with E-state index in [9.17, 15) is 4.79 Å². The summed E-state index contributed by atoms with van der Waals surface area (Å²) in [5.41, 5.74) is 3.48. The van der Waals surface area contributed by atoms with Crippen LogP contribution in [0.2, 0.25) is 0 Å². The van der Waals surface area contributed by atoms with Gasteiger partial charge in [0.1, 0.15) is 11.8 Å². The molecule has 4 aromatic heterocycles. The fourth-order valence-corrected chi connectivity index (χ4v) is 4.30. The van der Waals surface area contributed by atoms with Crippen molar-refractivity contribution in [1.29, 1.82) is 0 Å². The molecule has 0 atom stereocenters. The Labute approximate surface area is 201 Å². The lowest BCUT2D eigenvalue weighted by atomic mass is 9.85.